The van der Waals surface area contributed by atoms with Crippen LogP contribution in [0.25, 0.3) is 0 Å². The highest BCUT2D eigenvalue weighted by Gasteiger charge is 2.28. The Labute approximate surface area is 131 Å². The van der Waals surface area contributed by atoms with Gasteiger partial charge in [0.05, 0.1) is 5.02 Å². The summed E-state index contributed by atoms with van der Waals surface area (Å²) < 4.78 is 26.7. The Morgan fingerprint density at radius 1 is 1.33 bits per heavy atom. The first-order chi connectivity index (χ1) is 9.98. The second kappa shape index (κ2) is 6.91. The normalized spacial score (nSPS) is 17.9. The van der Waals surface area contributed by atoms with Crippen molar-refractivity contribution in [2.75, 3.05) is 45.1 Å². The minimum atomic E-state index is -3.52. The summed E-state index contributed by atoms with van der Waals surface area (Å²) in [4.78, 5) is 6.47. The number of halogens is 1. The number of nitrogens with zero attached hydrogens (tertiary/aromatic N) is 3. The van der Waals surface area contributed by atoms with E-state index in [1.54, 1.807) is 7.05 Å². The fourth-order valence-corrected chi connectivity index (χ4v) is 4.12. The van der Waals surface area contributed by atoms with E-state index in [9.17, 15) is 8.42 Å². The van der Waals surface area contributed by atoms with E-state index in [0.717, 1.165) is 26.1 Å². The minimum Gasteiger partial charge on any atom is -0.372 e. The molecule has 0 amide bonds. The zero-order valence-electron chi connectivity index (χ0n) is 12.3. The summed E-state index contributed by atoms with van der Waals surface area (Å²) in [6, 6.07) is 1.45. The van der Waals surface area contributed by atoms with E-state index in [-0.39, 0.29) is 4.90 Å². The first-order valence-corrected chi connectivity index (χ1v) is 8.86. The maximum Gasteiger partial charge on any atom is 0.244 e. The second-order valence-electron chi connectivity index (χ2n) is 5.00. The SMILES string of the molecule is CCCN1CCN(S(=O)(=O)c2cnc(NC)c(Cl)c2)CC1. The summed E-state index contributed by atoms with van der Waals surface area (Å²) in [6.45, 7) is 5.69. The molecule has 1 N–H and O–H groups in total. The molecule has 0 bridgehead atoms. The van der Waals surface area contributed by atoms with Gasteiger partial charge in [0, 0.05) is 39.4 Å². The summed E-state index contributed by atoms with van der Waals surface area (Å²) in [5.74, 6) is 0.475. The molecule has 0 spiro atoms. The quantitative estimate of drug-likeness (QED) is 0.885. The van der Waals surface area contributed by atoms with E-state index in [4.69, 9.17) is 11.6 Å². The lowest BCUT2D eigenvalue weighted by Gasteiger charge is -2.33. The average molecular weight is 333 g/mol. The number of piperazine rings is 1. The van der Waals surface area contributed by atoms with Gasteiger partial charge in [-0.25, -0.2) is 13.4 Å². The van der Waals surface area contributed by atoms with Crippen LogP contribution in [0.2, 0.25) is 5.02 Å². The maximum atomic E-state index is 12.6. The van der Waals surface area contributed by atoms with Crippen molar-refractivity contribution in [1.29, 1.82) is 0 Å². The Balaban J connectivity index is 2.14. The molecule has 1 aliphatic rings. The summed E-state index contributed by atoms with van der Waals surface area (Å²) in [5, 5.41) is 3.12. The lowest BCUT2D eigenvalue weighted by molar-refractivity contribution is 0.188. The number of hydrogen-bond acceptors (Lipinski definition) is 5. The summed E-state index contributed by atoms with van der Waals surface area (Å²) >= 11 is 6.02. The lowest BCUT2D eigenvalue weighted by atomic mass is 10.3. The highest BCUT2D eigenvalue weighted by molar-refractivity contribution is 7.89. The van der Waals surface area contributed by atoms with E-state index in [2.05, 4.69) is 22.1 Å². The zero-order valence-corrected chi connectivity index (χ0v) is 13.9. The van der Waals surface area contributed by atoms with Gasteiger partial charge in [-0.3, -0.25) is 0 Å². The highest BCUT2D eigenvalue weighted by atomic mass is 35.5. The minimum absolute atomic E-state index is 0.149. The van der Waals surface area contributed by atoms with Crippen LogP contribution in [0, 0.1) is 0 Å². The third-order valence-electron chi connectivity index (χ3n) is 3.56. The largest absolute Gasteiger partial charge is 0.372 e. The van der Waals surface area contributed by atoms with Gasteiger partial charge in [-0.05, 0) is 19.0 Å². The van der Waals surface area contributed by atoms with Gasteiger partial charge >= 0.3 is 0 Å². The van der Waals surface area contributed by atoms with Gasteiger partial charge in [0.15, 0.2) is 0 Å². The summed E-state index contributed by atoms with van der Waals surface area (Å²) in [6.07, 6.45) is 2.43. The molecule has 0 aromatic carbocycles. The molecule has 118 valence electrons. The van der Waals surface area contributed by atoms with Gasteiger partial charge in [-0.15, -0.1) is 0 Å². The number of hydrogen-bond donors (Lipinski definition) is 1. The zero-order chi connectivity index (χ0) is 15.5. The molecule has 1 aromatic heterocycles. The molecular weight excluding hydrogens is 312 g/mol. The Hall–Kier alpha value is -0.890. The fourth-order valence-electron chi connectivity index (χ4n) is 2.40. The van der Waals surface area contributed by atoms with Crippen molar-refractivity contribution in [3.05, 3.63) is 17.3 Å². The molecule has 21 heavy (non-hydrogen) atoms. The molecule has 8 heteroatoms. The van der Waals surface area contributed by atoms with Crippen LogP contribution in [0.1, 0.15) is 13.3 Å². The van der Waals surface area contributed by atoms with Crippen molar-refractivity contribution in [2.24, 2.45) is 0 Å². The molecule has 0 unspecified atom stereocenters. The number of pyridine rings is 1. The molecule has 0 aliphatic carbocycles. The predicted molar refractivity (Wildman–Crippen MR) is 84.3 cm³/mol. The number of aromatic nitrogens is 1. The molecule has 1 aromatic rings. The number of sulfonamides is 1. The molecule has 2 heterocycles. The first kappa shape index (κ1) is 16.5. The van der Waals surface area contributed by atoms with Crippen molar-refractivity contribution in [3.63, 3.8) is 0 Å². The molecule has 2 rings (SSSR count). The third kappa shape index (κ3) is 3.66. The first-order valence-electron chi connectivity index (χ1n) is 7.05. The number of rotatable bonds is 5. The molecule has 6 nitrogen and oxygen atoms in total. The van der Waals surface area contributed by atoms with E-state index in [1.165, 1.54) is 16.6 Å². The predicted octanol–water partition coefficient (Wildman–Crippen LogP) is 1.49. The smallest absolute Gasteiger partial charge is 0.244 e. The van der Waals surface area contributed by atoms with E-state index in [0.29, 0.717) is 23.9 Å². The van der Waals surface area contributed by atoms with Gasteiger partial charge in [-0.1, -0.05) is 18.5 Å². The van der Waals surface area contributed by atoms with Crippen LogP contribution in [0.3, 0.4) is 0 Å². The maximum absolute atomic E-state index is 12.6. The van der Waals surface area contributed by atoms with E-state index in [1.807, 2.05) is 0 Å². The van der Waals surface area contributed by atoms with Crippen molar-refractivity contribution in [2.45, 2.75) is 18.2 Å². The van der Waals surface area contributed by atoms with Crippen molar-refractivity contribution in [1.82, 2.24) is 14.2 Å². The fraction of sp³-hybridized carbons (Fsp3) is 0.615. The Morgan fingerprint density at radius 2 is 2.00 bits per heavy atom. The topological polar surface area (TPSA) is 65.5 Å². The van der Waals surface area contributed by atoms with Crippen LogP contribution in [0.4, 0.5) is 5.82 Å². The number of nitrogens with one attached hydrogen (secondary N) is 1. The average Bonchev–Trinajstić information content (AvgIpc) is 2.48. The van der Waals surface area contributed by atoms with Crippen LogP contribution in [0.15, 0.2) is 17.2 Å². The van der Waals surface area contributed by atoms with Crippen molar-refractivity contribution in [3.8, 4) is 0 Å². The van der Waals surface area contributed by atoms with Crippen LogP contribution < -0.4 is 5.32 Å². The Kier molecular flexibility index (Phi) is 5.43. The molecular formula is C13H21ClN4O2S. The molecule has 1 fully saturated rings. The Morgan fingerprint density at radius 3 is 2.52 bits per heavy atom. The van der Waals surface area contributed by atoms with Gasteiger partial charge in [0.25, 0.3) is 0 Å². The molecule has 0 saturated carbocycles. The monoisotopic (exact) mass is 332 g/mol. The van der Waals surface area contributed by atoms with Crippen LogP contribution >= 0.6 is 11.6 Å². The molecule has 1 aliphatic heterocycles. The van der Waals surface area contributed by atoms with Crippen LogP contribution in [-0.2, 0) is 10.0 Å². The van der Waals surface area contributed by atoms with E-state index >= 15 is 0 Å². The molecule has 0 radical (unpaired) electrons. The van der Waals surface area contributed by atoms with E-state index < -0.39 is 10.0 Å². The standard InChI is InChI=1S/C13H21ClN4O2S/c1-3-4-17-5-7-18(8-6-17)21(19,20)11-9-12(14)13(15-2)16-10-11/h9-10H,3-8H2,1-2H3,(H,15,16). The lowest BCUT2D eigenvalue weighted by Crippen LogP contribution is -2.48. The third-order valence-corrected chi connectivity index (χ3v) is 5.71. The van der Waals surface area contributed by atoms with Gasteiger partial charge in [0.2, 0.25) is 10.0 Å². The highest BCUT2D eigenvalue weighted by Crippen LogP contribution is 2.24. The van der Waals surface area contributed by atoms with Gasteiger partial charge in [-0.2, -0.15) is 4.31 Å². The van der Waals surface area contributed by atoms with Crippen LogP contribution in [-0.4, -0.2) is 62.4 Å². The summed E-state index contributed by atoms with van der Waals surface area (Å²) in [7, 11) is -1.83. The number of anilines is 1. The van der Waals surface area contributed by atoms with Crippen molar-refractivity contribution >= 4 is 27.4 Å². The van der Waals surface area contributed by atoms with Crippen LogP contribution in [0.5, 0.6) is 0 Å². The summed E-state index contributed by atoms with van der Waals surface area (Å²) in [5.41, 5.74) is 0. The molecule has 0 atom stereocenters. The van der Waals surface area contributed by atoms with Gasteiger partial charge in [0.1, 0.15) is 10.7 Å². The van der Waals surface area contributed by atoms with Crippen molar-refractivity contribution < 1.29 is 8.42 Å². The molecule has 1 saturated heterocycles. The Bertz CT molecular complexity index is 586. The van der Waals surface area contributed by atoms with Gasteiger partial charge < -0.3 is 10.2 Å². The second-order valence-corrected chi connectivity index (χ2v) is 7.34.